The van der Waals surface area contributed by atoms with Crippen LogP contribution in [-0.2, 0) is 0 Å². The summed E-state index contributed by atoms with van der Waals surface area (Å²) in [5.41, 5.74) is 0. The molecule has 0 atom stereocenters. The van der Waals surface area contributed by atoms with Crippen molar-refractivity contribution in [2.24, 2.45) is 3.95 Å². The molecule has 0 saturated carbocycles. The minimum atomic E-state index is -0.122. The summed E-state index contributed by atoms with van der Waals surface area (Å²) in [5, 5.41) is 0. The molecule has 0 bridgehead atoms. The standard InChI is InChI=1S/C2H6I3N/c6-4-5-2-1-3-5/h1-2,6H2/q-2. The van der Waals surface area contributed by atoms with Gasteiger partial charge in [-0.1, -0.05) is 0 Å². The molecule has 1 fully saturated rings. The maximum atomic E-state index is 5.54. The van der Waals surface area contributed by atoms with E-state index in [2.05, 4.69) is 0 Å². The van der Waals surface area contributed by atoms with Gasteiger partial charge in [0.1, 0.15) is 0 Å². The first-order valence-corrected chi connectivity index (χ1v) is 18.4. The Hall–Kier alpha value is 2.15. The Bertz CT molecular complexity index is 41.3. The van der Waals surface area contributed by atoms with Crippen LogP contribution in [0.1, 0.15) is 0 Å². The van der Waals surface area contributed by atoms with Gasteiger partial charge in [-0.3, -0.25) is 0 Å². The molecule has 42 valence electrons. The molecule has 1 aliphatic heterocycles. The Kier molecular flexibility index (Phi) is 3.38. The fourth-order valence-electron chi connectivity index (χ4n) is 0.189. The van der Waals surface area contributed by atoms with Crippen molar-refractivity contribution in [1.29, 1.82) is 0 Å². The van der Waals surface area contributed by atoms with Crippen molar-refractivity contribution in [2.45, 2.75) is 0 Å². The second kappa shape index (κ2) is 3.23. The molecule has 0 unspecified atom stereocenters. The minimum absolute atomic E-state index is 0.122. The van der Waals surface area contributed by atoms with E-state index in [0.717, 1.165) is 17.2 Å². The molecular weight excluding hydrogens is 419 g/mol. The van der Waals surface area contributed by atoms with E-state index in [-0.39, 0.29) is 11.9 Å². The predicted molar refractivity (Wildman–Crippen MR) is 27.9 cm³/mol. The van der Waals surface area contributed by atoms with E-state index >= 15 is 0 Å². The molecule has 1 heterocycles. The average molecular weight is 425 g/mol. The van der Waals surface area contributed by atoms with Crippen LogP contribution in [0.15, 0.2) is 0 Å². The van der Waals surface area contributed by atoms with Gasteiger partial charge in [-0.2, -0.15) is 0 Å². The van der Waals surface area contributed by atoms with Crippen LogP contribution in [0.4, 0.5) is 0 Å². The van der Waals surface area contributed by atoms with E-state index in [0.29, 0.717) is 17.5 Å². The molecule has 4 heteroatoms. The van der Waals surface area contributed by atoms with Gasteiger partial charge >= 0.3 is 59.4 Å². The summed E-state index contributed by atoms with van der Waals surface area (Å²) in [7, 11) is 0. The summed E-state index contributed by atoms with van der Waals surface area (Å²) >= 11 is 1.02. The molecule has 1 rings (SSSR count). The second-order valence-electron chi connectivity index (χ2n) is 0.817. The third kappa shape index (κ3) is 1.58. The Labute approximate surface area is 58.1 Å². The SMILES string of the molecule is N[I-]I1CC[I-]1. The van der Waals surface area contributed by atoms with Crippen molar-refractivity contribution in [3.63, 3.8) is 0 Å². The van der Waals surface area contributed by atoms with Gasteiger partial charge in [0.25, 0.3) is 0 Å². The van der Waals surface area contributed by atoms with E-state index < -0.39 is 0 Å². The average Bonchev–Trinajstić information content (AvgIpc) is 1.31. The third-order valence-corrected chi connectivity index (χ3v) is 39.6. The van der Waals surface area contributed by atoms with Crippen LogP contribution in [0, 0.1) is 0 Å². The topological polar surface area (TPSA) is 26.0 Å². The normalized spacial score (nSPS) is 28.5. The van der Waals surface area contributed by atoms with Crippen molar-refractivity contribution in [3.8, 4) is 0 Å². The van der Waals surface area contributed by atoms with Crippen molar-refractivity contribution < 1.29 is 34.7 Å². The van der Waals surface area contributed by atoms with Crippen LogP contribution in [0.3, 0.4) is 0 Å². The molecule has 0 spiro atoms. The quantitative estimate of drug-likeness (QED) is 0.254. The molecular formula is C2H6I3N-2. The first-order valence-electron chi connectivity index (χ1n) is 1.54. The van der Waals surface area contributed by atoms with E-state index in [1.165, 1.54) is 0 Å². The van der Waals surface area contributed by atoms with Gasteiger partial charge < -0.3 is 0 Å². The van der Waals surface area contributed by atoms with E-state index in [1.807, 2.05) is 0 Å². The molecule has 1 saturated heterocycles. The zero-order valence-electron chi connectivity index (χ0n) is 3.13. The molecule has 2 N–H and O–H groups in total. The van der Waals surface area contributed by atoms with Crippen molar-refractivity contribution in [3.05, 3.63) is 0 Å². The fourth-order valence-corrected chi connectivity index (χ4v) is 28.0. The Morgan fingerprint density at radius 1 is 1.83 bits per heavy atom. The number of halogens is 3. The summed E-state index contributed by atoms with van der Waals surface area (Å²) in [4.78, 5) is 0. The van der Waals surface area contributed by atoms with Gasteiger partial charge in [0, 0.05) is 0 Å². The Morgan fingerprint density at radius 3 is 2.50 bits per heavy atom. The van der Waals surface area contributed by atoms with Crippen molar-refractivity contribution in [1.82, 2.24) is 0 Å². The first kappa shape index (κ1) is 6.27. The summed E-state index contributed by atoms with van der Waals surface area (Å²) < 4.78 is 8.81. The van der Waals surface area contributed by atoms with Crippen LogP contribution in [0.5, 0.6) is 0 Å². The maximum absolute atomic E-state index is 5.54. The van der Waals surface area contributed by atoms with Gasteiger partial charge in [-0.05, 0) is 0 Å². The summed E-state index contributed by atoms with van der Waals surface area (Å²) in [5.74, 6) is 0. The Morgan fingerprint density at radius 2 is 2.50 bits per heavy atom. The van der Waals surface area contributed by atoms with E-state index in [9.17, 15) is 0 Å². The zero-order chi connectivity index (χ0) is 4.41. The van der Waals surface area contributed by atoms with Gasteiger partial charge in [0.05, 0.1) is 0 Å². The second-order valence-corrected chi connectivity index (χ2v) is 36.2. The van der Waals surface area contributed by atoms with Gasteiger partial charge in [0.15, 0.2) is 0 Å². The van der Waals surface area contributed by atoms with E-state index in [4.69, 9.17) is 3.95 Å². The van der Waals surface area contributed by atoms with Crippen molar-refractivity contribution in [2.75, 3.05) is 8.86 Å². The van der Waals surface area contributed by atoms with Crippen LogP contribution < -0.4 is 38.7 Å². The summed E-state index contributed by atoms with van der Waals surface area (Å²) in [6.45, 7) is 0. The van der Waals surface area contributed by atoms with E-state index in [1.54, 1.807) is 8.86 Å². The third-order valence-electron chi connectivity index (χ3n) is 0.485. The van der Waals surface area contributed by atoms with Crippen LogP contribution in [0.25, 0.3) is 0 Å². The molecule has 0 radical (unpaired) electrons. The zero-order valence-corrected chi connectivity index (χ0v) is 9.60. The predicted octanol–water partition coefficient (Wildman–Crippen LogP) is -5.61. The van der Waals surface area contributed by atoms with Crippen LogP contribution >= 0.6 is 11.9 Å². The number of hydrogen-bond donors (Lipinski definition) is 1. The number of rotatable bonds is 1. The first-order chi connectivity index (χ1) is 2.93. The number of nitrogens with two attached hydrogens (primary N) is 1. The van der Waals surface area contributed by atoms with Gasteiger partial charge in [0.2, 0.25) is 0 Å². The molecule has 0 amide bonds. The molecule has 0 aromatic carbocycles. The molecule has 0 aromatic heterocycles. The van der Waals surface area contributed by atoms with Gasteiger partial charge in [-0.15, -0.1) is 0 Å². The molecule has 1 aliphatic rings. The van der Waals surface area contributed by atoms with Crippen LogP contribution in [-0.4, -0.2) is 8.86 Å². The monoisotopic (exact) mass is 425 g/mol. The van der Waals surface area contributed by atoms with Gasteiger partial charge in [-0.25, -0.2) is 0 Å². The number of alkyl halides is 2. The molecule has 1 nitrogen and oxygen atoms in total. The van der Waals surface area contributed by atoms with Crippen LogP contribution in [0.2, 0.25) is 0 Å². The van der Waals surface area contributed by atoms with Crippen molar-refractivity contribution >= 4 is 11.9 Å². The molecule has 0 aromatic rings. The number of hydrogen-bond acceptors (Lipinski definition) is 1. The fraction of sp³-hybridized carbons (Fsp3) is 1.00. The summed E-state index contributed by atoms with van der Waals surface area (Å²) in [6.07, 6.45) is 0. The molecule has 0 aliphatic carbocycles. The Balaban J connectivity index is 2.01. The summed E-state index contributed by atoms with van der Waals surface area (Å²) in [6, 6.07) is 0. The molecule has 6 heavy (non-hydrogen) atoms.